The van der Waals surface area contributed by atoms with E-state index in [0.717, 1.165) is 0 Å². The van der Waals surface area contributed by atoms with Crippen molar-refractivity contribution in [1.82, 2.24) is 9.80 Å². The number of rotatable bonds is 2. The molecule has 0 bridgehead atoms. The average Bonchev–Trinajstić information content (AvgIpc) is 2.47. The summed E-state index contributed by atoms with van der Waals surface area (Å²) in [5.74, 6) is -0.381. The molecule has 1 N–H and O–H groups in total. The lowest BCUT2D eigenvalue weighted by atomic mass is 10.0. The van der Waals surface area contributed by atoms with Gasteiger partial charge in [0.25, 0.3) is 0 Å². The zero-order valence-corrected chi connectivity index (χ0v) is 12.3. The topological polar surface area (TPSA) is 59.4 Å². The van der Waals surface area contributed by atoms with Gasteiger partial charge in [0.2, 0.25) is 0 Å². The summed E-state index contributed by atoms with van der Waals surface area (Å²) in [5.41, 5.74) is -0.0784. The van der Waals surface area contributed by atoms with Crippen LogP contribution in [0.2, 0.25) is 0 Å². The van der Waals surface area contributed by atoms with Gasteiger partial charge in [0.15, 0.2) is 0 Å². The molecule has 6 heteroatoms. The number of carbonyl (C=O) groups is 1. The van der Waals surface area contributed by atoms with Crippen molar-refractivity contribution in [2.24, 2.45) is 0 Å². The van der Waals surface area contributed by atoms with Crippen molar-refractivity contribution in [3.8, 4) is 6.07 Å². The normalized spacial score (nSPS) is 16.4. The van der Waals surface area contributed by atoms with E-state index in [1.165, 1.54) is 12.1 Å². The Balaban J connectivity index is 1.91. The molecule has 5 nitrogen and oxygen atoms in total. The van der Waals surface area contributed by atoms with Crippen LogP contribution >= 0.6 is 0 Å². The number of nitrogens with zero attached hydrogens (tertiary/aromatic N) is 3. The number of hydrogen-bond donors (Lipinski definition) is 1. The Morgan fingerprint density at radius 2 is 2.00 bits per heavy atom. The molecule has 1 aromatic rings. The summed E-state index contributed by atoms with van der Waals surface area (Å²) in [6.07, 6.45) is 0. The fourth-order valence-corrected chi connectivity index (χ4v) is 2.31. The lowest BCUT2D eigenvalue weighted by Gasteiger charge is -2.40. The summed E-state index contributed by atoms with van der Waals surface area (Å²) in [4.78, 5) is 15.8. The molecular formula is C15H19FN4O. The Labute approximate surface area is 123 Å². The Morgan fingerprint density at radius 3 is 2.57 bits per heavy atom. The minimum absolute atomic E-state index is 0.241. The summed E-state index contributed by atoms with van der Waals surface area (Å²) < 4.78 is 13.1. The first kappa shape index (κ1) is 15.3. The standard InChI is InChI=1S/C15H19FN4O/c1-15(2,11-17)20-8-6-19(7-9-20)14(21)18-13-5-3-4-12(16)10-13/h3-5,10H,6-9H2,1-2H3,(H,18,21). The number of amides is 2. The van der Waals surface area contributed by atoms with Crippen LogP contribution in [0.3, 0.4) is 0 Å². The maximum absolute atomic E-state index is 13.1. The molecule has 0 radical (unpaired) electrons. The van der Waals surface area contributed by atoms with Gasteiger partial charge in [0, 0.05) is 31.9 Å². The molecule has 0 saturated carbocycles. The van der Waals surface area contributed by atoms with Gasteiger partial charge in [-0.1, -0.05) is 6.07 Å². The molecular weight excluding hydrogens is 271 g/mol. The molecule has 0 aliphatic carbocycles. The van der Waals surface area contributed by atoms with E-state index in [1.807, 2.05) is 13.8 Å². The van der Waals surface area contributed by atoms with Gasteiger partial charge in [-0.15, -0.1) is 0 Å². The van der Waals surface area contributed by atoms with Crippen molar-refractivity contribution in [3.05, 3.63) is 30.1 Å². The second-order valence-corrected chi connectivity index (χ2v) is 5.59. The Hall–Kier alpha value is -2.13. The molecule has 112 valence electrons. The highest BCUT2D eigenvalue weighted by Crippen LogP contribution is 2.17. The number of nitrogens with one attached hydrogen (secondary N) is 1. The second kappa shape index (κ2) is 6.10. The van der Waals surface area contributed by atoms with Crippen molar-refractivity contribution in [2.45, 2.75) is 19.4 Å². The summed E-state index contributed by atoms with van der Waals surface area (Å²) in [7, 11) is 0. The summed E-state index contributed by atoms with van der Waals surface area (Å²) in [6, 6.07) is 7.84. The van der Waals surface area contributed by atoms with E-state index >= 15 is 0 Å². The van der Waals surface area contributed by atoms with Crippen LogP contribution in [0.4, 0.5) is 14.9 Å². The van der Waals surface area contributed by atoms with Crippen LogP contribution in [0.1, 0.15) is 13.8 Å². The molecule has 21 heavy (non-hydrogen) atoms. The van der Waals surface area contributed by atoms with Crippen LogP contribution in [0.15, 0.2) is 24.3 Å². The second-order valence-electron chi connectivity index (χ2n) is 5.59. The van der Waals surface area contributed by atoms with Gasteiger partial charge in [-0.25, -0.2) is 9.18 Å². The predicted octanol–water partition coefficient (Wildman–Crippen LogP) is 2.28. The highest BCUT2D eigenvalue weighted by molar-refractivity contribution is 5.89. The van der Waals surface area contributed by atoms with E-state index in [-0.39, 0.29) is 11.8 Å². The zero-order chi connectivity index (χ0) is 15.5. The first-order chi connectivity index (χ1) is 9.92. The molecule has 1 heterocycles. The third-order valence-electron chi connectivity index (χ3n) is 3.71. The van der Waals surface area contributed by atoms with Gasteiger partial charge in [0.05, 0.1) is 6.07 Å². The predicted molar refractivity (Wildman–Crippen MR) is 78.3 cm³/mol. The van der Waals surface area contributed by atoms with Crippen molar-refractivity contribution >= 4 is 11.7 Å². The first-order valence-corrected chi connectivity index (χ1v) is 6.90. The van der Waals surface area contributed by atoms with E-state index in [2.05, 4.69) is 16.3 Å². The Kier molecular flexibility index (Phi) is 4.43. The quantitative estimate of drug-likeness (QED) is 0.909. The minimum atomic E-state index is -0.523. The van der Waals surface area contributed by atoms with E-state index in [0.29, 0.717) is 31.9 Å². The smallest absolute Gasteiger partial charge is 0.321 e. The van der Waals surface area contributed by atoms with E-state index in [9.17, 15) is 9.18 Å². The lowest BCUT2D eigenvalue weighted by Crippen LogP contribution is -2.55. The number of piperazine rings is 1. The monoisotopic (exact) mass is 290 g/mol. The van der Waals surface area contributed by atoms with Crippen molar-refractivity contribution in [3.63, 3.8) is 0 Å². The average molecular weight is 290 g/mol. The van der Waals surface area contributed by atoms with Gasteiger partial charge < -0.3 is 10.2 Å². The summed E-state index contributed by atoms with van der Waals surface area (Å²) in [5, 5.41) is 11.8. The number of carbonyl (C=O) groups excluding carboxylic acids is 1. The van der Waals surface area contributed by atoms with E-state index in [4.69, 9.17) is 5.26 Å². The van der Waals surface area contributed by atoms with Crippen LogP contribution in [0.5, 0.6) is 0 Å². The SMILES string of the molecule is CC(C)(C#N)N1CCN(C(=O)Nc2cccc(F)c2)CC1. The first-order valence-electron chi connectivity index (χ1n) is 6.90. The number of anilines is 1. The highest BCUT2D eigenvalue weighted by atomic mass is 19.1. The van der Waals surface area contributed by atoms with E-state index in [1.54, 1.807) is 17.0 Å². The third-order valence-corrected chi connectivity index (χ3v) is 3.71. The van der Waals surface area contributed by atoms with Crippen LogP contribution in [0, 0.1) is 17.1 Å². The molecule has 2 amide bonds. The van der Waals surface area contributed by atoms with Crippen LogP contribution < -0.4 is 5.32 Å². The summed E-state index contributed by atoms with van der Waals surface area (Å²) in [6.45, 7) is 6.14. The molecule has 0 atom stereocenters. The van der Waals surface area contributed by atoms with Gasteiger partial charge in [-0.05, 0) is 32.0 Å². The number of halogens is 1. The molecule has 1 fully saturated rings. The zero-order valence-electron chi connectivity index (χ0n) is 12.3. The fraction of sp³-hybridized carbons (Fsp3) is 0.467. The maximum atomic E-state index is 13.1. The Bertz CT molecular complexity index is 559. The molecule has 1 saturated heterocycles. The lowest BCUT2D eigenvalue weighted by molar-refractivity contribution is 0.0964. The third kappa shape index (κ3) is 3.70. The van der Waals surface area contributed by atoms with Crippen LogP contribution in [0.25, 0.3) is 0 Å². The number of nitriles is 1. The van der Waals surface area contributed by atoms with Gasteiger partial charge in [-0.3, -0.25) is 4.90 Å². The molecule has 0 spiro atoms. The molecule has 0 aromatic heterocycles. The van der Waals surface area contributed by atoms with Gasteiger partial charge in [0.1, 0.15) is 11.4 Å². The molecule has 2 rings (SSSR count). The molecule has 1 aromatic carbocycles. The number of benzene rings is 1. The van der Waals surface area contributed by atoms with Crippen LogP contribution in [-0.4, -0.2) is 47.5 Å². The van der Waals surface area contributed by atoms with Gasteiger partial charge in [-0.2, -0.15) is 5.26 Å². The fourth-order valence-electron chi connectivity index (χ4n) is 2.31. The number of hydrogen-bond acceptors (Lipinski definition) is 3. The van der Waals surface area contributed by atoms with E-state index < -0.39 is 5.54 Å². The van der Waals surface area contributed by atoms with Gasteiger partial charge >= 0.3 is 6.03 Å². The van der Waals surface area contributed by atoms with Crippen molar-refractivity contribution in [1.29, 1.82) is 5.26 Å². The molecule has 1 aliphatic heterocycles. The van der Waals surface area contributed by atoms with Crippen LogP contribution in [-0.2, 0) is 0 Å². The van der Waals surface area contributed by atoms with Crippen molar-refractivity contribution < 1.29 is 9.18 Å². The summed E-state index contributed by atoms with van der Waals surface area (Å²) >= 11 is 0. The minimum Gasteiger partial charge on any atom is -0.322 e. The maximum Gasteiger partial charge on any atom is 0.321 e. The number of urea groups is 1. The molecule has 1 aliphatic rings. The Morgan fingerprint density at radius 1 is 1.33 bits per heavy atom. The largest absolute Gasteiger partial charge is 0.322 e. The highest BCUT2D eigenvalue weighted by Gasteiger charge is 2.31. The van der Waals surface area contributed by atoms with Crippen molar-refractivity contribution in [2.75, 3.05) is 31.5 Å². The molecule has 0 unspecified atom stereocenters.